The molecule has 0 atom stereocenters. The lowest BCUT2D eigenvalue weighted by molar-refractivity contribution is 0.242. The molecule has 6 heteroatoms. The molecule has 0 aliphatic heterocycles. The van der Waals surface area contributed by atoms with E-state index in [0.717, 1.165) is 17.0 Å². The fraction of sp³-hybridized carbons (Fsp3) is 0.278. The van der Waals surface area contributed by atoms with Crippen LogP contribution in [0.4, 0.5) is 5.95 Å². The van der Waals surface area contributed by atoms with Gasteiger partial charge in [0.15, 0.2) is 0 Å². The van der Waals surface area contributed by atoms with Gasteiger partial charge in [-0.25, -0.2) is 0 Å². The molecule has 0 saturated heterocycles. The third-order valence-electron chi connectivity index (χ3n) is 3.49. The van der Waals surface area contributed by atoms with Crippen LogP contribution >= 0.6 is 0 Å². The molecule has 0 N–H and O–H groups in total. The maximum atomic E-state index is 5.76. The van der Waals surface area contributed by atoms with E-state index in [1.165, 1.54) is 0 Å². The second-order valence-corrected chi connectivity index (χ2v) is 5.90. The average molecular weight is 323 g/mol. The summed E-state index contributed by atoms with van der Waals surface area (Å²) < 4.78 is 7.49. The highest BCUT2D eigenvalue weighted by Gasteiger charge is 2.13. The minimum absolute atomic E-state index is 0.156. The van der Waals surface area contributed by atoms with Crippen LogP contribution in [-0.2, 0) is 6.54 Å². The lowest BCUT2D eigenvalue weighted by atomic mass is 10.2. The zero-order valence-corrected chi connectivity index (χ0v) is 14.1. The van der Waals surface area contributed by atoms with Crippen LogP contribution in [0.5, 0.6) is 5.75 Å². The predicted octanol–water partition coefficient (Wildman–Crippen LogP) is 3.09. The second kappa shape index (κ2) is 7.12. The summed E-state index contributed by atoms with van der Waals surface area (Å²) in [6.07, 6.45) is 0.156. The van der Waals surface area contributed by atoms with Gasteiger partial charge in [0.1, 0.15) is 5.75 Å². The maximum Gasteiger partial charge on any atom is 0.250 e. The van der Waals surface area contributed by atoms with Crippen molar-refractivity contribution in [1.82, 2.24) is 20.2 Å². The first-order chi connectivity index (χ1) is 11.6. The molecule has 24 heavy (non-hydrogen) atoms. The van der Waals surface area contributed by atoms with E-state index in [1.54, 1.807) is 4.68 Å². The quantitative estimate of drug-likeness (QED) is 0.698. The smallest absolute Gasteiger partial charge is 0.250 e. The Morgan fingerprint density at radius 3 is 2.62 bits per heavy atom. The van der Waals surface area contributed by atoms with Gasteiger partial charge in [0.05, 0.1) is 11.8 Å². The average Bonchev–Trinajstić information content (AvgIpc) is 3.05. The molecule has 124 valence electrons. The number of hydrogen-bond acceptors (Lipinski definition) is 5. The summed E-state index contributed by atoms with van der Waals surface area (Å²) in [5, 5.41) is 12.1. The molecule has 0 saturated carbocycles. The van der Waals surface area contributed by atoms with Crippen LogP contribution in [0.2, 0.25) is 0 Å². The fourth-order valence-corrected chi connectivity index (χ4v) is 2.49. The molecule has 0 amide bonds. The van der Waals surface area contributed by atoms with Crippen LogP contribution in [0, 0.1) is 0 Å². The Kier molecular flexibility index (Phi) is 4.74. The molecule has 0 aliphatic carbocycles. The van der Waals surface area contributed by atoms with E-state index in [0.29, 0.717) is 12.5 Å². The van der Waals surface area contributed by atoms with Gasteiger partial charge in [0.2, 0.25) is 5.95 Å². The van der Waals surface area contributed by atoms with E-state index in [-0.39, 0.29) is 6.10 Å². The van der Waals surface area contributed by atoms with E-state index in [1.807, 2.05) is 74.3 Å². The van der Waals surface area contributed by atoms with Gasteiger partial charge in [0.25, 0.3) is 0 Å². The number of hydrogen-bond donors (Lipinski definition) is 0. The van der Waals surface area contributed by atoms with Gasteiger partial charge in [-0.2, -0.15) is 4.68 Å². The molecule has 1 aromatic heterocycles. The van der Waals surface area contributed by atoms with Crippen LogP contribution in [0.3, 0.4) is 0 Å². The second-order valence-electron chi connectivity index (χ2n) is 5.90. The van der Waals surface area contributed by atoms with Crippen LogP contribution in [-0.4, -0.2) is 33.4 Å². The summed E-state index contributed by atoms with van der Waals surface area (Å²) in [5.74, 6) is 1.56. The monoisotopic (exact) mass is 323 g/mol. The number of ether oxygens (including phenoxy) is 1. The van der Waals surface area contributed by atoms with E-state index in [9.17, 15) is 0 Å². The summed E-state index contributed by atoms with van der Waals surface area (Å²) >= 11 is 0. The van der Waals surface area contributed by atoms with Crippen molar-refractivity contribution in [3.63, 3.8) is 0 Å². The summed E-state index contributed by atoms with van der Waals surface area (Å²) in [5.41, 5.74) is 2.07. The van der Waals surface area contributed by atoms with E-state index >= 15 is 0 Å². The van der Waals surface area contributed by atoms with Gasteiger partial charge in [-0.3, -0.25) is 0 Å². The number of tetrazole rings is 1. The summed E-state index contributed by atoms with van der Waals surface area (Å²) in [6, 6.07) is 17.9. The van der Waals surface area contributed by atoms with Crippen molar-refractivity contribution in [2.75, 3.05) is 11.9 Å². The molecule has 0 radical (unpaired) electrons. The molecule has 0 bridgehead atoms. The van der Waals surface area contributed by atoms with Gasteiger partial charge in [-0.15, -0.1) is 0 Å². The molecule has 0 spiro atoms. The number of nitrogens with zero attached hydrogens (tertiary/aromatic N) is 5. The topological polar surface area (TPSA) is 56.1 Å². The molecule has 6 nitrogen and oxygen atoms in total. The molecular formula is C18H21N5O. The number of para-hydroxylation sites is 1. The Bertz CT molecular complexity index is 785. The molecule has 3 aromatic rings. The van der Waals surface area contributed by atoms with Crippen molar-refractivity contribution in [2.45, 2.75) is 26.5 Å². The highest BCUT2D eigenvalue weighted by Crippen LogP contribution is 2.19. The molecule has 1 heterocycles. The van der Waals surface area contributed by atoms with Crippen LogP contribution in [0.15, 0.2) is 54.6 Å². The van der Waals surface area contributed by atoms with Crippen molar-refractivity contribution >= 4 is 5.95 Å². The van der Waals surface area contributed by atoms with Crippen molar-refractivity contribution in [1.29, 1.82) is 0 Å². The Hall–Kier alpha value is -2.89. The first-order valence-corrected chi connectivity index (χ1v) is 7.94. The minimum atomic E-state index is 0.156. The Labute approximate surface area is 141 Å². The van der Waals surface area contributed by atoms with Crippen LogP contribution < -0.4 is 9.64 Å². The zero-order valence-electron chi connectivity index (χ0n) is 14.1. The Balaban J connectivity index is 1.79. The normalized spacial score (nSPS) is 10.8. The van der Waals surface area contributed by atoms with Crippen molar-refractivity contribution in [2.24, 2.45) is 0 Å². The van der Waals surface area contributed by atoms with Gasteiger partial charge < -0.3 is 9.64 Å². The summed E-state index contributed by atoms with van der Waals surface area (Å²) in [6.45, 7) is 4.72. The Morgan fingerprint density at radius 1 is 1.08 bits per heavy atom. The summed E-state index contributed by atoms with van der Waals surface area (Å²) in [4.78, 5) is 2.02. The first-order valence-electron chi connectivity index (χ1n) is 7.94. The van der Waals surface area contributed by atoms with Gasteiger partial charge >= 0.3 is 0 Å². The molecule has 2 aromatic carbocycles. The van der Waals surface area contributed by atoms with E-state index in [2.05, 4.69) is 21.6 Å². The lowest BCUT2D eigenvalue weighted by Crippen LogP contribution is -2.21. The van der Waals surface area contributed by atoms with Crippen LogP contribution in [0.25, 0.3) is 5.69 Å². The number of aromatic nitrogens is 4. The fourth-order valence-electron chi connectivity index (χ4n) is 2.49. The number of benzene rings is 2. The summed E-state index contributed by atoms with van der Waals surface area (Å²) in [7, 11) is 1.97. The van der Waals surface area contributed by atoms with Gasteiger partial charge in [0, 0.05) is 13.6 Å². The van der Waals surface area contributed by atoms with Crippen molar-refractivity contribution < 1.29 is 4.74 Å². The standard InChI is InChI=1S/C18H21N5O/c1-14(2)24-17-11-7-8-15(12-17)13-22(3)18-19-20-21-23(18)16-9-5-4-6-10-16/h4-12,14H,13H2,1-3H3. The highest BCUT2D eigenvalue weighted by molar-refractivity contribution is 5.41. The molecule has 0 aliphatic rings. The lowest BCUT2D eigenvalue weighted by Gasteiger charge is -2.18. The van der Waals surface area contributed by atoms with E-state index < -0.39 is 0 Å². The minimum Gasteiger partial charge on any atom is -0.491 e. The predicted molar refractivity (Wildman–Crippen MR) is 93.5 cm³/mol. The largest absolute Gasteiger partial charge is 0.491 e. The molecule has 3 rings (SSSR count). The first kappa shape index (κ1) is 16.0. The number of rotatable bonds is 6. The van der Waals surface area contributed by atoms with Crippen molar-refractivity contribution in [3.05, 3.63) is 60.2 Å². The SMILES string of the molecule is CC(C)Oc1cccc(CN(C)c2nnnn2-c2ccccc2)c1. The number of anilines is 1. The van der Waals surface area contributed by atoms with Crippen LogP contribution in [0.1, 0.15) is 19.4 Å². The maximum absolute atomic E-state index is 5.76. The molecule has 0 unspecified atom stereocenters. The third-order valence-corrected chi connectivity index (χ3v) is 3.49. The highest BCUT2D eigenvalue weighted by atomic mass is 16.5. The molecular weight excluding hydrogens is 302 g/mol. The van der Waals surface area contributed by atoms with Crippen molar-refractivity contribution in [3.8, 4) is 11.4 Å². The van der Waals surface area contributed by atoms with Gasteiger partial charge in [-0.1, -0.05) is 35.4 Å². The van der Waals surface area contributed by atoms with E-state index in [4.69, 9.17) is 4.74 Å². The third kappa shape index (κ3) is 3.71. The Morgan fingerprint density at radius 2 is 1.88 bits per heavy atom. The molecule has 0 fully saturated rings. The van der Waals surface area contributed by atoms with Gasteiger partial charge in [-0.05, 0) is 54.1 Å². The zero-order chi connectivity index (χ0) is 16.9.